The molecule has 1 unspecified atom stereocenters. The van der Waals surface area contributed by atoms with E-state index in [0.717, 1.165) is 38.3 Å². The van der Waals surface area contributed by atoms with Crippen molar-refractivity contribution in [1.29, 1.82) is 0 Å². The molecule has 0 aromatic heterocycles. The van der Waals surface area contributed by atoms with Gasteiger partial charge in [-0.1, -0.05) is 41.9 Å². The second kappa shape index (κ2) is 9.94. The van der Waals surface area contributed by atoms with Gasteiger partial charge in [-0.2, -0.15) is 0 Å². The summed E-state index contributed by atoms with van der Waals surface area (Å²) in [5, 5.41) is 11.4. The number of piperazine rings is 1. The standard InChI is InChI=1S/C26H33ClN4O3/c1-26(34,19-7-5-4-6-8-19)25(33)30-15-13-29(14-16-30)21-11-12-31(18-21)20-9-10-22(23(27)17-20)24(32)28(2)3/h4-10,17,21,34H,11-16,18H2,1-3H3/t21?,26-/m1/s1. The van der Waals surface area contributed by atoms with Crippen LogP contribution in [0.4, 0.5) is 5.69 Å². The first kappa shape index (κ1) is 24.5. The predicted octanol–water partition coefficient (Wildman–Crippen LogP) is 2.67. The van der Waals surface area contributed by atoms with E-state index in [9.17, 15) is 14.7 Å². The molecule has 0 saturated carbocycles. The molecule has 7 nitrogen and oxygen atoms in total. The third-order valence-electron chi connectivity index (χ3n) is 6.99. The van der Waals surface area contributed by atoms with Gasteiger partial charge in [0.15, 0.2) is 5.60 Å². The summed E-state index contributed by atoms with van der Waals surface area (Å²) in [5.74, 6) is -0.345. The first-order chi connectivity index (χ1) is 16.2. The molecular formula is C26H33ClN4O3. The minimum Gasteiger partial charge on any atom is -0.376 e. The molecule has 182 valence electrons. The van der Waals surface area contributed by atoms with E-state index in [1.165, 1.54) is 4.90 Å². The van der Waals surface area contributed by atoms with Gasteiger partial charge in [-0.05, 0) is 37.1 Å². The van der Waals surface area contributed by atoms with E-state index in [1.54, 1.807) is 44.1 Å². The minimum atomic E-state index is -1.52. The maximum Gasteiger partial charge on any atom is 0.258 e. The first-order valence-corrected chi connectivity index (χ1v) is 12.1. The number of nitrogens with zero attached hydrogens (tertiary/aromatic N) is 4. The van der Waals surface area contributed by atoms with Gasteiger partial charge in [-0.25, -0.2) is 0 Å². The Morgan fingerprint density at radius 2 is 1.71 bits per heavy atom. The van der Waals surface area contributed by atoms with Gasteiger partial charge in [-0.15, -0.1) is 0 Å². The summed E-state index contributed by atoms with van der Waals surface area (Å²) in [6.45, 7) is 6.15. The molecule has 0 spiro atoms. The lowest BCUT2D eigenvalue weighted by Gasteiger charge is -2.40. The van der Waals surface area contributed by atoms with Crippen LogP contribution < -0.4 is 4.90 Å². The molecule has 2 aliphatic heterocycles. The van der Waals surface area contributed by atoms with Crippen molar-refractivity contribution in [3.63, 3.8) is 0 Å². The number of benzene rings is 2. The van der Waals surface area contributed by atoms with Crippen molar-refractivity contribution in [3.8, 4) is 0 Å². The van der Waals surface area contributed by atoms with Crippen molar-refractivity contribution < 1.29 is 14.7 Å². The highest BCUT2D eigenvalue weighted by molar-refractivity contribution is 6.34. The molecule has 0 aliphatic carbocycles. The fourth-order valence-electron chi connectivity index (χ4n) is 4.87. The lowest BCUT2D eigenvalue weighted by Crippen LogP contribution is -2.56. The molecule has 34 heavy (non-hydrogen) atoms. The Balaban J connectivity index is 1.33. The normalized spacial score (nSPS) is 20.8. The molecule has 2 aliphatic rings. The lowest BCUT2D eigenvalue weighted by atomic mass is 9.94. The van der Waals surface area contributed by atoms with E-state index < -0.39 is 5.60 Å². The summed E-state index contributed by atoms with van der Waals surface area (Å²) in [6, 6.07) is 15.2. The van der Waals surface area contributed by atoms with Gasteiger partial charge in [-0.3, -0.25) is 14.5 Å². The van der Waals surface area contributed by atoms with Crippen LogP contribution >= 0.6 is 11.6 Å². The van der Waals surface area contributed by atoms with E-state index in [1.807, 2.05) is 30.3 Å². The second-order valence-electron chi connectivity index (χ2n) is 9.52. The van der Waals surface area contributed by atoms with Crippen molar-refractivity contribution >= 4 is 29.1 Å². The van der Waals surface area contributed by atoms with Crippen LogP contribution in [0.1, 0.15) is 29.3 Å². The van der Waals surface area contributed by atoms with E-state index in [2.05, 4.69) is 9.80 Å². The van der Waals surface area contributed by atoms with Gasteiger partial charge < -0.3 is 19.8 Å². The zero-order valence-electron chi connectivity index (χ0n) is 20.1. The van der Waals surface area contributed by atoms with Gasteiger partial charge in [0, 0.05) is 65.1 Å². The monoisotopic (exact) mass is 484 g/mol. The molecule has 1 N–H and O–H groups in total. The number of aliphatic hydroxyl groups is 1. The molecular weight excluding hydrogens is 452 g/mol. The Hall–Kier alpha value is -2.61. The van der Waals surface area contributed by atoms with E-state index in [4.69, 9.17) is 11.6 Å². The second-order valence-corrected chi connectivity index (χ2v) is 9.93. The molecule has 2 atom stereocenters. The highest BCUT2D eigenvalue weighted by Gasteiger charge is 2.38. The third-order valence-corrected chi connectivity index (χ3v) is 7.30. The molecule has 2 aromatic rings. The molecule has 2 aromatic carbocycles. The summed E-state index contributed by atoms with van der Waals surface area (Å²) in [4.78, 5) is 33.3. The predicted molar refractivity (Wildman–Crippen MR) is 134 cm³/mol. The van der Waals surface area contributed by atoms with Crippen LogP contribution in [0.5, 0.6) is 0 Å². The summed E-state index contributed by atoms with van der Waals surface area (Å²) in [7, 11) is 3.43. The fraction of sp³-hybridized carbons (Fsp3) is 0.462. The van der Waals surface area contributed by atoms with Gasteiger partial charge in [0.2, 0.25) is 0 Å². The molecule has 2 amide bonds. The van der Waals surface area contributed by atoms with Crippen LogP contribution in [-0.4, -0.2) is 91.0 Å². The molecule has 4 rings (SSSR count). The third kappa shape index (κ3) is 4.92. The van der Waals surface area contributed by atoms with Gasteiger partial charge in [0.1, 0.15) is 0 Å². The zero-order valence-corrected chi connectivity index (χ0v) is 20.8. The van der Waals surface area contributed by atoms with Crippen LogP contribution in [0.25, 0.3) is 0 Å². The molecule has 0 radical (unpaired) electrons. The van der Waals surface area contributed by atoms with Crippen LogP contribution in [0.3, 0.4) is 0 Å². The maximum absolute atomic E-state index is 13.0. The van der Waals surface area contributed by atoms with Crippen LogP contribution in [0.15, 0.2) is 48.5 Å². The Morgan fingerprint density at radius 1 is 1.03 bits per heavy atom. The van der Waals surface area contributed by atoms with E-state index >= 15 is 0 Å². The molecule has 8 heteroatoms. The zero-order chi connectivity index (χ0) is 24.5. The Labute approximate surface area is 206 Å². The minimum absolute atomic E-state index is 0.102. The summed E-state index contributed by atoms with van der Waals surface area (Å²) < 4.78 is 0. The number of hydrogen-bond acceptors (Lipinski definition) is 5. The van der Waals surface area contributed by atoms with Crippen molar-refractivity contribution in [2.75, 3.05) is 58.3 Å². The van der Waals surface area contributed by atoms with E-state index in [-0.39, 0.29) is 11.8 Å². The number of amides is 2. The van der Waals surface area contributed by atoms with Crippen LogP contribution in [0, 0.1) is 0 Å². The lowest BCUT2D eigenvalue weighted by molar-refractivity contribution is -0.152. The molecule has 2 heterocycles. The number of carbonyl (C=O) groups excluding carboxylic acids is 2. The van der Waals surface area contributed by atoms with Gasteiger partial charge >= 0.3 is 0 Å². The number of hydrogen-bond donors (Lipinski definition) is 1. The number of rotatable bonds is 5. The van der Waals surface area contributed by atoms with Gasteiger partial charge in [0.25, 0.3) is 11.8 Å². The van der Waals surface area contributed by atoms with E-state index in [0.29, 0.717) is 35.3 Å². The number of anilines is 1. The molecule has 2 fully saturated rings. The average molecular weight is 485 g/mol. The molecule has 0 bridgehead atoms. The molecule has 2 saturated heterocycles. The smallest absolute Gasteiger partial charge is 0.258 e. The number of carbonyl (C=O) groups is 2. The highest BCUT2D eigenvalue weighted by Crippen LogP contribution is 2.29. The van der Waals surface area contributed by atoms with Crippen LogP contribution in [0.2, 0.25) is 5.02 Å². The number of halogens is 1. The average Bonchev–Trinajstić information content (AvgIpc) is 3.34. The first-order valence-electron chi connectivity index (χ1n) is 11.8. The SMILES string of the molecule is CN(C)C(=O)c1ccc(N2CCC(N3CCN(C(=O)[C@](C)(O)c4ccccc4)CC3)C2)cc1Cl. The fourth-order valence-corrected chi connectivity index (χ4v) is 5.13. The Kier molecular flexibility index (Phi) is 7.17. The van der Waals surface area contributed by atoms with Crippen molar-refractivity contribution in [1.82, 2.24) is 14.7 Å². The van der Waals surface area contributed by atoms with Crippen molar-refractivity contribution in [3.05, 3.63) is 64.7 Å². The summed E-state index contributed by atoms with van der Waals surface area (Å²) >= 11 is 6.42. The Bertz CT molecular complexity index is 1040. The van der Waals surface area contributed by atoms with Crippen LogP contribution in [-0.2, 0) is 10.4 Å². The summed E-state index contributed by atoms with van der Waals surface area (Å²) in [6.07, 6.45) is 1.03. The largest absolute Gasteiger partial charge is 0.376 e. The quantitative estimate of drug-likeness (QED) is 0.706. The topological polar surface area (TPSA) is 67.3 Å². The van der Waals surface area contributed by atoms with Gasteiger partial charge in [0.05, 0.1) is 10.6 Å². The Morgan fingerprint density at radius 3 is 2.32 bits per heavy atom. The van der Waals surface area contributed by atoms with Crippen molar-refractivity contribution in [2.24, 2.45) is 0 Å². The maximum atomic E-state index is 13.0. The van der Waals surface area contributed by atoms with Crippen molar-refractivity contribution in [2.45, 2.75) is 25.0 Å². The highest BCUT2D eigenvalue weighted by atomic mass is 35.5. The summed E-state index contributed by atoms with van der Waals surface area (Å²) in [5.41, 5.74) is 0.632.